The normalized spacial score (nSPS) is 18.4. The van der Waals surface area contributed by atoms with Gasteiger partial charge in [-0.25, -0.2) is 4.98 Å². The zero-order valence-corrected chi connectivity index (χ0v) is 17.0. The lowest BCUT2D eigenvalue weighted by molar-refractivity contribution is -0.138. The first kappa shape index (κ1) is 19.5. The lowest BCUT2D eigenvalue weighted by Gasteiger charge is -2.36. The molecule has 2 aliphatic rings. The minimum Gasteiger partial charge on any atom is -0.481 e. The summed E-state index contributed by atoms with van der Waals surface area (Å²) in [5.41, 5.74) is 0. The summed E-state index contributed by atoms with van der Waals surface area (Å²) in [5.74, 6) is 2.52. The lowest BCUT2D eigenvalue weighted by Crippen LogP contribution is -2.52. The molecule has 0 aliphatic carbocycles. The van der Waals surface area contributed by atoms with Crippen LogP contribution in [0.1, 0.15) is 26.2 Å². The van der Waals surface area contributed by atoms with Gasteiger partial charge < -0.3 is 19.4 Å². The molecule has 0 bridgehead atoms. The van der Waals surface area contributed by atoms with Crippen LogP contribution < -0.4 is 14.5 Å². The molecule has 1 amide bonds. The molecule has 0 radical (unpaired) electrons. The van der Waals surface area contributed by atoms with E-state index in [4.69, 9.17) is 9.72 Å². The van der Waals surface area contributed by atoms with Gasteiger partial charge in [-0.05, 0) is 44.4 Å². The third-order valence-electron chi connectivity index (χ3n) is 5.59. The van der Waals surface area contributed by atoms with Gasteiger partial charge >= 0.3 is 0 Å². The van der Waals surface area contributed by atoms with Gasteiger partial charge in [0.15, 0.2) is 6.10 Å². The number of para-hydroxylation sites is 1. The van der Waals surface area contributed by atoms with E-state index in [9.17, 15) is 4.79 Å². The highest BCUT2D eigenvalue weighted by atomic mass is 16.5. The Bertz CT molecular complexity index is 802. The number of nitrogens with zero attached hydrogens (tertiary/aromatic N) is 5. The van der Waals surface area contributed by atoms with Crippen LogP contribution in [0.5, 0.6) is 5.75 Å². The van der Waals surface area contributed by atoms with Crippen LogP contribution in [0.25, 0.3) is 0 Å². The summed E-state index contributed by atoms with van der Waals surface area (Å²) in [6.07, 6.45) is 5.06. The van der Waals surface area contributed by atoms with Gasteiger partial charge in [0, 0.05) is 45.5 Å². The van der Waals surface area contributed by atoms with Crippen LogP contribution in [0.4, 0.5) is 11.8 Å². The van der Waals surface area contributed by atoms with Crippen LogP contribution in [-0.2, 0) is 4.79 Å². The number of rotatable bonds is 5. The number of piperazine rings is 1. The number of ether oxygens (including phenoxy) is 1. The molecule has 154 valence electrons. The molecule has 7 nitrogen and oxygen atoms in total. The Morgan fingerprint density at radius 1 is 0.931 bits per heavy atom. The monoisotopic (exact) mass is 395 g/mol. The maximum atomic E-state index is 12.8. The van der Waals surface area contributed by atoms with E-state index in [0.29, 0.717) is 13.1 Å². The largest absolute Gasteiger partial charge is 0.481 e. The second-order valence-corrected chi connectivity index (χ2v) is 7.65. The molecule has 2 fully saturated rings. The topological polar surface area (TPSA) is 61.8 Å². The van der Waals surface area contributed by atoms with Crippen LogP contribution >= 0.6 is 0 Å². The van der Waals surface area contributed by atoms with Crippen LogP contribution in [0, 0.1) is 0 Å². The fourth-order valence-electron chi connectivity index (χ4n) is 3.93. The molecule has 2 aromatic rings. The van der Waals surface area contributed by atoms with E-state index in [0.717, 1.165) is 43.7 Å². The quantitative estimate of drug-likeness (QED) is 0.776. The predicted octanol–water partition coefficient (Wildman–Crippen LogP) is 2.58. The number of aromatic nitrogens is 2. The van der Waals surface area contributed by atoms with Crippen LogP contribution in [0.3, 0.4) is 0 Å². The molecule has 7 heteroatoms. The van der Waals surface area contributed by atoms with Crippen molar-refractivity contribution in [3.8, 4) is 5.75 Å². The number of benzene rings is 1. The summed E-state index contributed by atoms with van der Waals surface area (Å²) < 4.78 is 5.79. The van der Waals surface area contributed by atoms with Gasteiger partial charge in [-0.3, -0.25) is 4.79 Å². The Kier molecular flexibility index (Phi) is 6.12. The Morgan fingerprint density at radius 3 is 2.38 bits per heavy atom. The van der Waals surface area contributed by atoms with Crippen molar-refractivity contribution in [3.05, 3.63) is 42.6 Å². The zero-order chi connectivity index (χ0) is 20.1. The summed E-state index contributed by atoms with van der Waals surface area (Å²) in [6.45, 7) is 6.75. The minimum absolute atomic E-state index is 0.0326. The first-order chi connectivity index (χ1) is 14.2. The number of amides is 1. The Hall–Kier alpha value is -2.83. The van der Waals surface area contributed by atoms with Gasteiger partial charge in [0.25, 0.3) is 5.91 Å². The molecule has 1 atom stereocenters. The van der Waals surface area contributed by atoms with E-state index < -0.39 is 6.10 Å². The van der Waals surface area contributed by atoms with Gasteiger partial charge in [-0.1, -0.05) is 18.2 Å². The first-order valence-corrected chi connectivity index (χ1v) is 10.5. The van der Waals surface area contributed by atoms with Crippen molar-refractivity contribution in [2.45, 2.75) is 32.3 Å². The highest BCUT2D eigenvalue weighted by Crippen LogP contribution is 2.20. The molecule has 2 saturated heterocycles. The van der Waals surface area contributed by atoms with Crippen LogP contribution in [0.2, 0.25) is 0 Å². The summed E-state index contributed by atoms with van der Waals surface area (Å²) in [7, 11) is 0. The van der Waals surface area contributed by atoms with E-state index in [-0.39, 0.29) is 5.91 Å². The van der Waals surface area contributed by atoms with E-state index >= 15 is 0 Å². The second kappa shape index (κ2) is 9.11. The summed E-state index contributed by atoms with van der Waals surface area (Å²) in [4.78, 5) is 28.4. The maximum absolute atomic E-state index is 12.8. The molecule has 2 aliphatic heterocycles. The van der Waals surface area contributed by atoms with Gasteiger partial charge in [0.2, 0.25) is 5.95 Å². The van der Waals surface area contributed by atoms with E-state index in [1.165, 1.54) is 19.3 Å². The fraction of sp³-hybridized carbons (Fsp3) is 0.500. The maximum Gasteiger partial charge on any atom is 0.263 e. The van der Waals surface area contributed by atoms with Gasteiger partial charge in [-0.15, -0.1) is 0 Å². The molecule has 3 heterocycles. The second-order valence-electron chi connectivity index (χ2n) is 7.65. The number of carbonyl (C=O) groups excluding carboxylic acids is 1. The molecule has 1 aromatic carbocycles. The van der Waals surface area contributed by atoms with Gasteiger partial charge in [-0.2, -0.15) is 4.98 Å². The van der Waals surface area contributed by atoms with Crippen LogP contribution in [-0.4, -0.2) is 66.1 Å². The highest BCUT2D eigenvalue weighted by molar-refractivity contribution is 5.81. The van der Waals surface area contributed by atoms with Crippen LogP contribution in [0.15, 0.2) is 42.6 Å². The number of hydrogen-bond acceptors (Lipinski definition) is 6. The van der Waals surface area contributed by atoms with E-state index in [1.807, 2.05) is 54.4 Å². The van der Waals surface area contributed by atoms with Crippen molar-refractivity contribution in [2.24, 2.45) is 0 Å². The summed E-state index contributed by atoms with van der Waals surface area (Å²) >= 11 is 0. The van der Waals surface area contributed by atoms with Crippen molar-refractivity contribution < 1.29 is 9.53 Å². The third-order valence-corrected chi connectivity index (χ3v) is 5.59. The average Bonchev–Trinajstić information content (AvgIpc) is 2.80. The SMILES string of the molecule is CC(Oc1ccccc1)C(=O)N1CCN(c2ccnc(N3CCCCC3)n2)CC1. The molecule has 29 heavy (non-hydrogen) atoms. The predicted molar refractivity (Wildman–Crippen MR) is 113 cm³/mol. The van der Waals surface area contributed by atoms with E-state index in [2.05, 4.69) is 14.8 Å². The minimum atomic E-state index is -0.492. The summed E-state index contributed by atoms with van der Waals surface area (Å²) in [5, 5.41) is 0. The average molecular weight is 396 g/mol. The number of carbonyl (C=O) groups is 1. The molecule has 0 N–H and O–H groups in total. The Morgan fingerprint density at radius 2 is 1.66 bits per heavy atom. The van der Waals surface area contributed by atoms with Gasteiger partial charge in [0.05, 0.1) is 0 Å². The molecule has 0 spiro atoms. The lowest BCUT2D eigenvalue weighted by atomic mass is 10.1. The molecular formula is C22H29N5O2. The first-order valence-electron chi connectivity index (χ1n) is 10.5. The summed E-state index contributed by atoms with van der Waals surface area (Å²) in [6, 6.07) is 11.5. The van der Waals surface area contributed by atoms with Crippen molar-refractivity contribution in [2.75, 3.05) is 49.1 Å². The van der Waals surface area contributed by atoms with Gasteiger partial charge in [0.1, 0.15) is 11.6 Å². The molecule has 0 saturated carbocycles. The van der Waals surface area contributed by atoms with E-state index in [1.54, 1.807) is 0 Å². The highest BCUT2D eigenvalue weighted by Gasteiger charge is 2.27. The zero-order valence-electron chi connectivity index (χ0n) is 17.0. The standard InChI is InChI=1S/C22H29N5O2/c1-18(29-19-8-4-2-5-9-19)21(28)26-16-14-25(15-17-26)20-10-11-23-22(24-20)27-12-6-3-7-13-27/h2,4-5,8-11,18H,3,6-7,12-17H2,1H3. The Balaban J connectivity index is 1.32. The smallest absolute Gasteiger partial charge is 0.263 e. The fourth-order valence-corrected chi connectivity index (χ4v) is 3.93. The molecule has 1 aromatic heterocycles. The molecule has 4 rings (SSSR count). The Labute approximate surface area is 172 Å². The number of anilines is 2. The number of piperidine rings is 1. The van der Waals surface area contributed by atoms with Crippen molar-refractivity contribution in [1.29, 1.82) is 0 Å². The van der Waals surface area contributed by atoms with Crippen molar-refractivity contribution in [1.82, 2.24) is 14.9 Å². The molecular weight excluding hydrogens is 366 g/mol. The number of hydrogen-bond donors (Lipinski definition) is 0. The van der Waals surface area contributed by atoms with Crippen molar-refractivity contribution >= 4 is 17.7 Å². The van der Waals surface area contributed by atoms with Crippen molar-refractivity contribution in [3.63, 3.8) is 0 Å². The third kappa shape index (κ3) is 4.78. The molecule has 1 unspecified atom stereocenters.